The van der Waals surface area contributed by atoms with Crippen molar-refractivity contribution in [3.63, 3.8) is 0 Å². The van der Waals surface area contributed by atoms with Crippen LogP contribution in [-0.4, -0.2) is 24.3 Å². The van der Waals surface area contributed by atoms with Gasteiger partial charge in [-0.1, -0.05) is 41.7 Å². The molecule has 0 amide bonds. The Morgan fingerprint density at radius 2 is 1.95 bits per heavy atom. The fraction of sp³-hybridized carbons (Fsp3) is 0.172. The van der Waals surface area contributed by atoms with Crippen molar-refractivity contribution in [2.24, 2.45) is 4.99 Å². The van der Waals surface area contributed by atoms with E-state index in [2.05, 4.69) is 11.1 Å². The summed E-state index contributed by atoms with van der Waals surface area (Å²) in [5.41, 5.74) is 2.24. The molecule has 0 saturated heterocycles. The highest BCUT2D eigenvalue weighted by Crippen LogP contribution is 2.35. The maximum atomic E-state index is 13.8. The summed E-state index contributed by atoms with van der Waals surface area (Å²) >= 11 is 1.20. The van der Waals surface area contributed by atoms with Crippen molar-refractivity contribution in [2.45, 2.75) is 19.9 Å². The first-order chi connectivity index (χ1) is 18.5. The largest absolute Gasteiger partial charge is 0.496 e. The molecule has 1 atom stereocenters. The second-order valence-electron chi connectivity index (χ2n) is 8.40. The molecule has 5 rings (SSSR count). The van der Waals surface area contributed by atoms with Crippen LogP contribution in [0, 0.1) is 11.3 Å². The molecule has 0 bridgehead atoms. The van der Waals surface area contributed by atoms with Crippen LogP contribution in [0.4, 0.5) is 0 Å². The van der Waals surface area contributed by atoms with Crippen LogP contribution in [0.15, 0.2) is 86.1 Å². The normalized spacial score (nSPS) is 15.0. The number of rotatable bonds is 6. The number of fused-ring (bicyclic) bond motifs is 1. The van der Waals surface area contributed by atoms with Crippen molar-refractivity contribution in [3.8, 4) is 23.1 Å². The van der Waals surface area contributed by atoms with Crippen LogP contribution < -0.4 is 19.6 Å². The zero-order valence-electron chi connectivity index (χ0n) is 20.9. The monoisotopic (exact) mass is 525 g/mol. The lowest BCUT2D eigenvalue weighted by Gasteiger charge is -2.25. The summed E-state index contributed by atoms with van der Waals surface area (Å²) in [4.78, 5) is 31.9. The Labute approximate surface area is 222 Å². The summed E-state index contributed by atoms with van der Waals surface area (Å²) in [6.07, 6.45) is 1.64. The molecule has 190 valence electrons. The number of hydrogen-bond acceptors (Lipinski definition) is 8. The number of hydrogen-bond donors (Lipinski definition) is 0. The summed E-state index contributed by atoms with van der Waals surface area (Å²) in [6, 6.07) is 19.3. The van der Waals surface area contributed by atoms with Crippen LogP contribution in [0.25, 0.3) is 17.4 Å². The molecule has 4 aromatic rings. The second-order valence-corrected chi connectivity index (χ2v) is 9.41. The van der Waals surface area contributed by atoms with Crippen molar-refractivity contribution in [1.82, 2.24) is 4.57 Å². The minimum absolute atomic E-state index is 0.189. The molecule has 3 heterocycles. The number of nitrogens with zero attached hydrogens (tertiary/aromatic N) is 3. The third-order valence-electron chi connectivity index (χ3n) is 6.16. The SMILES string of the molecule is CCOC(=O)C1=C(C)N=c2sc(=Cc3ccc(-c4ccccc4C#N)o3)c(=O)n2C1c1ccccc1OC. The molecule has 1 aliphatic heterocycles. The number of aromatic nitrogens is 1. The highest BCUT2D eigenvalue weighted by atomic mass is 32.1. The average Bonchev–Trinajstić information content (AvgIpc) is 3.52. The molecule has 38 heavy (non-hydrogen) atoms. The number of benzene rings is 2. The zero-order chi connectivity index (χ0) is 26.8. The van der Waals surface area contributed by atoms with Crippen LogP contribution >= 0.6 is 11.3 Å². The summed E-state index contributed by atoms with van der Waals surface area (Å²) in [6.45, 7) is 3.65. The van der Waals surface area contributed by atoms with E-state index in [0.29, 0.717) is 49.0 Å². The first kappa shape index (κ1) is 25.0. The van der Waals surface area contributed by atoms with Gasteiger partial charge < -0.3 is 13.9 Å². The second kappa shape index (κ2) is 10.4. The standard InChI is InChI=1S/C29H23N3O5S/c1-4-36-28(34)25-17(2)31-29-32(26(25)21-11-7-8-12-22(21)35-3)27(33)24(38-29)15-19-13-14-23(37-19)20-10-6-5-9-18(20)16-30/h5-15,26H,4H2,1-3H3. The fourth-order valence-electron chi connectivity index (χ4n) is 4.48. The smallest absolute Gasteiger partial charge is 0.338 e. The highest BCUT2D eigenvalue weighted by Gasteiger charge is 2.35. The summed E-state index contributed by atoms with van der Waals surface area (Å²) in [5, 5.41) is 9.43. The first-order valence-corrected chi connectivity index (χ1v) is 12.7. The van der Waals surface area contributed by atoms with Crippen molar-refractivity contribution < 1.29 is 18.7 Å². The van der Waals surface area contributed by atoms with Crippen LogP contribution in [0.1, 0.15) is 36.8 Å². The number of ether oxygens (including phenoxy) is 2. The minimum atomic E-state index is -0.779. The molecule has 0 fully saturated rings. The molecule has 0 N–H and O–H groups in total. The molecule has 1 aliphatic rings. The number of allylic oxidation sites excluding steroid dienone is 1. The topological polar surface area (TPSA) is 107 Å². The molecule has 2 aromatic carbocycles. The number of nitriles is 1. The number of thiazole rings is 1. The van der Waals surface area contributed by atoms with Crippen LogP contribution in [-0.2, 0) is 9.53 Å². The Balaban J connectivity index is 1.67. The number of para-hydroxylation sites is 1. The van der Waals surface area contributed by atoms with Gasteiger partial charge in [0.05, 0.1) is 41.2 Å². The number of furan rings is 1. The van der Waals surface area contributed by atoms with E-state index in [4.69, 9.17) is 13.9 Å². The molecule has 8 nitrogen and oxygen atoms in total. The summed E-state index contributed by atoms with van der Waals surface area (Å²) < 4.78 is 18.8. The molecule has 1 unspecified atom stereocenters. The van der Waals surface area contributed by atoms with Crippen LogP contribution in [0.2, 0.25) is 0 Å². The fourth-order valence-corrected chi connectivity index (χ4v) is 5.50. The quantitative estimate of drug-likeness (QED) is 0.353. The van der Waals surface area contributed by atoms with Crippen molar-refractivity contribution in [1.29, 1.82) is 5.26 Å². The first-order valence-electron chi connectivity index (χ1n) is 11.9. The predicted octanol–water partition coefficient (Wildman–Crippen LogP) is 3.94. The van der Waals surface area contributed by atoms with Crippen molar-refractivity contribution >= 4 is 23.4 Å². The lowest BCUT2D eigenvalue weighted by molar-refractivity contribution is -0.139. The number of carbonyl (C=O) groups is 1. The van der Waals surface area contributed by atoms with Crippen LogP contribution in [0.5, 0.6) is 5.75 Å². The summed E-state index contributed by atoms with van der Waals surface area (Å²) in [5.74, 6) is 0.975. The zero-order valence-corrected chi connectivity index (χ0v) is 21.7. The Hall–Kier alpha value is -4.68. The Morgan fingerprint density at radius 1 is 1.18 bits per heavy atom. The minimum Gasteiger partial charge on any atom is -0.496 e. The van der Waals surface area contributed by atoms with E-state index in [0.717, 1.165) is 0 Å². The van der Waals surface area contributed by atoms with Gasteiger partial charge in [0.2, 0.25) is 0 Å². The van der Waals surface area contributed by atoms with E-state index in [1.807, 2.05) is 30.3 Å². The lowest BCUT2D eigenvalue weighted by atomic mass is 9.95. The van der Waals surface area contributed by atoms with E-state index >= 15 is 0 Å². The maximum absolute atomic E-state index is 13.8. The van der Waals surface area contributed by atoms with Gasteiger partial charge in [0.1, 0.15) is 23.3 Å². The number of carbonyl (C=O) groups excluding carboxylic acids is 1. The summed E-state index contributed by atoms with van der Waals surface area (Å²) in [7, 11) is 1.54. The molecule has 0 radical (unpaired) electrons. The average molecular weight is 526 g/mol. The van der Waals surface area contributed by atoms with Crippen molar-refractivity contribution in [3.05, 3.63) is 109 Å². The third-order valence-corrected chi connectivity index (χ3v) is 7.15. The van der Waals surface area contributed by atoms with Gasteiger partial charge in [0, 0.05) is 17.2 Å². The number of methoxy groups -OCH3 is 1. The van der Waals surface area contributed by atoms with E-state index in [1.165, 1.54) is 15.9 Å². The van der Waals surface area contributed by atoms with Gasteiger partial charge in [0.15, 0.2) is 4.80 Å². The Kier molecular flexibility index (Phi) is 6.81. The van der Waals surface area contributed by atoms with Crippen molar-refractivity contribution in [2.75, 3.05) is 13.7 Å². The van der Waals surface area contributed by atoms with Gasteiger partial charge in [-0.2, -0.15) is 5.26 Å². The van der Waals surface area contributed by atoms with Gasteiger partial charge in [-0.05, 0) is 44.2 Å². The van der Waals surface area contributed by atoms with E-state index in [9.17, 15) is 14.9 Å². The molecule has 9 heteroatoms. The van der Waals surface area contributed by atoms with E-state index in [1.54, 1.807) is 57.4 Å². The highest BCUT2D eigenvalue weighted by molar-refractivity contribution is 7.07. The van der Waals surface area contributed by atoms with Crippen LogP contribution in [0.3, 0.4) is 0 Å². The molecular weight excluding hydrogens is 502 g/mol. The molecule has 0 aliphatic carbocycles. The van der Waals surface area contributed by atoms with Gasteiger partial charge >= 0.3 is 5.97 Å². The lowest BCUT2D eigenvalue weighted by Crippen LogP contribution is -2.40. The third kappa shape index (κ3) is 4.35. The maximum Gasteiger partial charge on any atom is 0.338 e. The van der Waals surface area contributed by atoms with Gasteiger partial charge in [-0.3, -0.25) is 9.36 Å². The van der Waals surface area contributed by atoms with Gasteiger partial charge in [-0.25, -0.2) is 9.79 Å². The Bertz CT molecular complexity index is 1800. The number of esters is 1. The molecular formula is C29H23N3O5S. The predicted molar refractivity (Wildman–Crippen MR) is 142 cm³/mol. The van der Waals surface area contributed by atoms with Gasteiger partial charge in [-0.15, -0.1) is 0 Å². The van der Waals surface area contributed by atoms with Gasteiger partial charge in [0.25, 0.3) is 5.56 Å². The molecule has 0 spiro atoms. The Morgan fingerprint density at radius 3 is 2.71 bits per heavy atom. The van der Waals surface area contributed by atoms with E-state index in [-0.39, 0.29) is 17.7 Å². The molecule has 0 saturated carbocycles. The molecule has 2 aromatic heterocycles. The van der Waals surface area contributed by atoms with E-state index < -0.39 is 12.0 Å².